The summed E-state index contributed by atoms with van der Waals surface area (Å²) >= 11 is 0. The van der Waals surface area contributed by atoms with Gasteiger partial charge < -0.3 is 11.1 Å². The molecule has 0 saturated heterocycles. The average Bonchev–Trinajstić information content (AvgIpc) is 3.25. The van der Waals surface area contributed by atoms with Crippen molar-refractivity contribution in [2.75, 3.05) is 5.32 Å². The van der Waals surface area contributed by atoms with Gasteiger partial charge in [-0.05, 0) is 42.5 Å². The van der Waals surface area contributed by atoms with E-state index in [2.05, 4.69) is 35.4 Å². The average molecular weight is 253 g/mol. The Morgan fingerprint density at radius 3 is 2.58 bits per heavy atom. The van der Waals surface area contributed by atoms with Gasteiger partial charge in [0, 0.05) is 12.2 Å². The fourth-order valence-electron chi connectivity index (χ4n) is 2.19. The summed E-state index contributed by atoms with van der Waals surface area (Å²) in [5, 5.41) is 3.44. The second-order valence-corrected chi connectivity index (χ2v) is 5.24. The molecule has 1 aromatic carbocycles. The molecule has 1 fully saturated rings. The van der Waals surface area contributed by atoms with Crippen LogP contribution in [0, 0.1) is 6.92 Å². The van der Waals surface area contributed by atoms with E-state index in [1.807, 2.05) is 24.4 Å². The van der Waals surface area contributed by atoms with E-state index in [0.29, 0.717) is 6.04 Å². The molecule has 3 N–H and O–H groups in total. The van der Waals surface area contributed by atoms with Crippen LogP contribution < -0.4 is 11.1 Å². The quantitative estimate of drug-likeness (QED) is 0.880. The molecule has 0 unspecified atom stereocenters. The van der Waals surface area contributed by atoms with Crippen LogP contribution in [0.25, 0.3) is 0 Å². The number of nitrogens with zero attached hydrogens (tertiary/aromatic N) is 1. The molecule has 1 aliphatic rings. The zero-order valence-electron chi connectivity index (χ0n) is 11.1. The molecule has 1 atom stereocenters. The Hall–Kier alpha value is -1.87. The second kappa shape index (κ2) is 5.02. The SMILES string of the molecule is Cc1cc([C@@H](N)c2ccccc2)cnc1NC1CC1. The summed E-state index contributed by atoms with van der Waals surface area (Å²) < 4.78 is 0. The number of anilines is 1. The Balaban J connectivity index is 1.82. The lowest BCUT2D eigenvalue weighted by molar-refractivity contribution is 0.860. The first-order valence-corrected chi connectivity index (χ1v) is 6.77. The number of nitrogens with one attached hydrogen (secondary N) is 1. The highest BCUT2D eigenvalue weighted by molar-refractivity contribution is 5.47. The molecular weight excluding hydrogens is 234 g/mol. The first-order chi connectivity index (χ1) is 9.24. The lowest BCUT2D eigenvalue weighted by Crippen LogP contribution is -2.13. The van der Waals surface area contributed by atoms with Gasteiger partial charge in [-0.15, -0.1) is 0 Å². The third-order valence-electron chi connectivity index (χ3n) is 3.54. The molecule has 1 saturated carbocycles. The Bertz CT molecular complexity index is 561. The van der Waals surface area contributed by atoms with E-state index in [0.717, 1.165) is 22.5 Å². The van der Waals surface area contributed by atoms with E-state index >= 15 is 0 Å². The number of rotatable bonds is 4. The lowest BCUT2D eigenvalue weighted by atomic mass is 10.00. The van der Waals surface area contributed by atoms with Crippen LogP contribution in [0.1, 0.15) is 35.6 Å². The molecule has 3 rings (SSSR count). The van der Waals surface area contributed by atoms with E-state index in [-0.39, 0.29) is 6.04 Å². The monoisotopic (exact) mass is 253 g/mol. The lowest BCUT2D eigenvalue weighted by Gasteiger charge is -2.15. The minimum Gasteiger partial charge on any atom is -0.367 e. The predicted molar refractivity (Wildman–Crippen MR) is 78.1 cm³/mol. The first kappa shape index (κ1) is 12.2. The number of nitrogens with two attached hydrogens (primary N) is 1. The predicted octanol–water partition coefficient (Wildman–Crippen LogP) is 3.01. The fraction of sp³-hybridized carbons (Fsp3) is 0.312. The molecule has 0 aliphatic heterocycles. The van der Waals surface area contributed by atoms with Gasteiger partial charge in [0.15, 0.2) is 0 Å². The van der Waals surface area contributed by atoms with E-state index in [4.69, 9.17) is 5.73 Å². The third kappa shape index (κ3) is 2.76. The van der Waals surface area contributed by atoms with Crippen LogP contribution in [0.5, 0.6) is 0 Å². The van der Waals surface area contributed by atoms with Crippen molar-refractivity contribution in [3.8, 4) is 0 Å². The topological polar surface area (TPSA) is 50.9 Å². The number of hydrogen-bond donors (Lipinski definition) is 2. The second-order valence-electron chi connectivity index (χ2n) is 5.24. The molecule has 0 amide bonds. The Morgan fingerprint density at radius 1 is 1.21 bits per heavy atom. The van der Waals surface area contributed by atoms with E-state index in [1.54, 1.807) is 0 Å². The third-order valence-corrected chi connectivity index (χ3v) is 3.54. The summed E-state index contributed by atoms with van der Waals surface area (Å²) in [5.41, 5.74) is 9.63. The molecule has 1 aliphatic carbocycles. The smallest absolute Gasteiger partial charge is 0.129 e. The number of pyridine rings is 1. The zero-order valence-corrected chi connectivity index (χ0v) is 11.1. The van der Waals surface area contributed by atoms with Crippen LogP contribution in [-0.4, -0.2) is 11.0 Å². The zero-order chi connectivity index (χ0) is 13.2. The van der Waals surface area contributed by atoms with Gasteiger partial charge >= 0.3 is 0 Å². The van der Waals surface area contributed by atoms with Crippen molar-refractivity contribution in [2.24, 2.45) is 5.73 Å². The van der Waals surface area contributed by atoms with Crippen LogP contribution in [0.3, 0.4) is 0 Å². The minimum atomic E-state index is -0.109. The molecule has 98 valence electrons. The molecule has 3 nitrogen and oxygen atoms in total. The Kier molecular flexibility index (Phi) is 3.22. The maximum atomic E-state index is 6.29. The molecule has 0 radical (unpaired) electrons. The van der Waals surface area contributed by atoms with Crippen LogP contribution in [0.2, 0.25) is 0 Å². The summed E-state index contributed by atoms with van der Waals surface area (Å²) in [6.07, 6.45) is 4.40. The van der Waals surface area contributed by atoms with Crippen molar-refractivity contribution in [3.05, 3.63) is 59.3 Å². The van der Waals surface area contributed by atoms with Crippen LogP contribution >= 0.6 is 0 Å². The molecule has 19 heavy (non-hydrogen) atoms. The van der Waals surface area contributed by atoms with Gasteiger partial charge in [0.2, 0.25) is 0 Å². The van der Waals surface area contributed by atoms with Crippen molar-refractivity contribution >= 4 is 5.82 Å². The largest absolute Gasteiger partial charge is 0.367 e. The van der Waals surface area contributed by atoms with Gasteiger partial charge in [-0.25, -0.2) is 4.98 Å². The number of benzene rings is 1. The summed E-state index contributed by atoms with van der Waals surface area (Å²) in [6.45, 7) is 2.08. The van der Waals surface area contributed by atoms with Gasteiger partial charge in [0.25, 0.3) is 0 Å². The minimum absolute atomic E-state index is 0.109. The molecule has 1 heterocycles. The van der Waals surface area contributed by atoms with E-state index < -0.39 is 0 Å². The summed E-state index contributed by atoms with van der Waals surface area (Å²) in [4.78, 5) is 4.51. The number of aromatic nitrogens is 1. The number of hydrogen-bond acceptors (Lipinski definition) is 3. The van der Waals surface area contributed by atoms with Crippen molar-refractivity contribution in [2.45, 2.75) is 31.8 Å². The first-order valence-electron chi connectivity index (χ1n) is 6.77. The van der Waals surface area contributed by atoms with Crippen LogP contribution in [0.4, 0.5) is 5.82 Å². The highest BCUT2D eigenvalue weighted by Gasteiger charge is 2.22. The summed E-state index contributed by atoms with van der Waals surface area (Å²) in [7, 11) is 0. The van der Waals surface area contributed by atoms with Gasteiger partial charge in [-0.1, -0.05) is 30.3 Å². The molecule has 0 bridgehead atoms. The summed E-state index contributed by atoms with van der Waals surface area (Å²) in [5.74, 6) is 0.992. The maximum absolute atomic E-state index is 6.29. The van der Waals surface area contributed by atoms with Crippen molar-refractivity contribution < 1.29 is 0 Å². The highest BCUT2D eigenvalue weighted by atomic mass is 15.0. The Morgan fingerprint density at radius 2 is 1.95 bits per heavy atom. The molecule has 1 aromatic heterocycles. The molecule has 2 aromatic rings. The van der Waals surface area contributed by atoms with Gasteiger partial charge in [-0.3, -0.25) is 0 Å². The fourth-order valence-corrected chi connectivity index (χ4v) is 2.19. The van der Waals surface area contributed by atoms with Crippen molar-refractivity contribution in [3.63, 3.8) is 0 Å². The number of aryl methyl sites for hydroxylation is 1. The van der Waals surface area contributed by atoms with E-state index in [9.17, 15) is 0 Å². The summed E-state index contributed by atoms with van der Waals surface area (Å²) in [6, 6.07) is 12.8. The standard InChI is InChI=1S/C16H19N3/c1-11-9-13(10-18-16(11)19-14-7-8-14)15(17)12-5-3-2-4-6-12/h2-6,9-10,14-15H,7-8,17H2,1H3,(H,18,19)/t15-/m0/s1. The van der Waals surface area contributed by atoms with Crippen molar-refractivity contribution in [1.82, 2.24) is 4.98 Å². The van der Waals surface area contributed by atoms with Gasteiger partial charge in [0.05, 0.1) is 6.04 Å². The molecule has 0 spiro atoms. The van der Waals surface area contributed by atoms with Gasteiger partial charge in [0.1, 0.15) is 5.82 Å². The van der Waals surface area contributed by atoms with Crippen LogP contribution in [-0.2, 0) is 0 Å². The highest BCUT2D eigenvalue weighted by Crippen LogP contribution is 2.27. The van der Waals surface area contributed by atoms with Gasteiger partial charge in [-0.2, -0.15) is 0 Å². The van der Waals surface area contributed by atoms with Crippen LogP contribution in [0.15, 0.2) is 42.6 Å². The van der Waals surface area contributed by atoms with E-state index in [1.165, 1.54) is 12.8 Å². The Labute approximate surface area is 113 Å². The van der Waals surface area contributed by atoms with Crippen molar-refractivity contribution in [1.29, 1.82) is 0 Å². The normalized spacial score (nSPS) is 16.1. The molecular formula is C16H19N3. The maximum Gasteiger partial charge on any atom is 0.129 e. The molecule has 3 heteroatoms.